The number of hydrogen-bond donors (Lipinski definition) is 1. The lowest BCUT2D eigenvalue weighted by Gasteiger charge is -2.13. The summed E-state index contributed by atoms with van der Waals surface area (Å²) in [7, 11) is 0. The lowest BCUT2D eigenvalue weighted by Crippen LogP contribution is -2.26. The number of rotatable bonds is 5. The van der Waals surface area contributed by atoms with Crippen LogP contribution < -0.4 is 5.32 Å². The molecule has 0 saturated carbocycles. The average Bonchev–Trinajstić information content (AvgIpc) is 2.82. The van der Waals surface area contributed by atoms with E-state index in [-0.39, 0.29) is 10.8 Å². The molecule has 2 rings (SSSR count). The van der Waals surface area contributed by atoms with Gasteiger partial charge in [-0.3, -0.25) is 0 Å². The van der Waals surface area contributed by atoms with Crippen LogP contribution in [0.1, 0.15) is 18.9 Å². The third-order valence-electron chi connectivity index (χ3n) is 3.56. The second-order valence-electron chi connectivity index (χ2n) is 4.93. The summed E-state index contributed by atoms with van der Waals surface area (Å²) in [6.07, 6.45) is 1.27. The van der Waals surface area contributed by atoms with Gasteiger partial charge in [-0.05, 0) is 49.7 Å². The van der Waals surface area contributed by atoms with Crippen LogP contribution in [0.25, 0.3) is 0 Å². The van der Waals surface area contributed by atoms with Crippen LogP contribution in [0.3, 0.4) is 0 Å². The second-order valence-corrected chi connectivity index (χ2v) is 5.33. The van der Waals surface area contributed by atoms with E-state index >= 15 is 0 Å². The third-order valence-corrected chi connectivity index (χ3v) is 3.85. The van der Waals surface area contributed by atoms with Crippen LogP contribution in [0.2, 0.25) is 5.02 Å². The van der Waals surface area contributed by atoms with Crippen molar-refractivity contribution < 1.29 is 4.39 Å². The van der Waals surface area contributed by atoms with E-state index in [0.717, 1.165) is 31.1 Å². The molecule has 100 valence electrons. The quantitative estimate of drug-likeness (QED) is 0.885. The summed E-state index contributed by atoms with van der Waals surface area (Å²) in [5.74, 6) is 0.385. The van der Waals surface area contributed by atoms with Crippen molar-refractivity contribution in [2.24, 2.45) is 5.92 Å². The van der Waals surface area contributed by atoms with E-state index in [1.165, 1.54) is 25.6 Å². The fourth-order valence-corrected chi connectivity index (χ4v) is 2.64. The van der Waals surface area contributed by atoms with Crippen molar-refractivity contribution in [2.75, 3.05) is 26.2 Å². The van der Waals surface area contributed by atoms with Crippen molar-refractivity contribution in [3.8, 4) is 0 Å². The number of benzene rings is 1. The Morgan fingerprint density at radius 2 is 2.33 bits per heavy atom. The first-order chi connectivity index (χ1) is 8.69. The maximum Gasteiger partial charge on any atom is 0.141 e. The Hall–Kier alpha value is -0.640. The molecule has 1 unspecified atom stereocenters. The maximum atomic E-state index is 13.0. The number of halogens is 2. The molecule has 0 aromatic heterocycles. The van der Waals surface area contributed by atoms with Crippen molar-refractivity contribution in [3.63, 3.8) is 0 Å². The van der Waals surface area contributed by atoms with Crippen LogP contribution in [0.5, 0.6) is 0 Å². The molecule has 1 N–H and O–H groups in total. The first-order valence-corrected chi connectivity index (χ1v) is 6.94. The lowest BCUT2D eigenvalue weighted by atomic mass is 10.1. The maximum absolute atomic E-state index is 13.0. The summed E-state index contributed by atoms with van der Waals surface area (Å²) in [6, 6.07) is 4.89. The van der Waals surface area contributed by atoms with Crippen molar-refractivity contribution in [2.45, 2.75) is 19.9 Å². The predicted octanol–water partition coefficient (Wildman–Crippen LogP) is 2.91. The van der Waals surface area contributed by atoms with Gasteiger partial charge in [-0.25, -0.2) is 4.39 Å². The summed E-state index contributed by atoms with van der Waals surface area (Å²) < 4.78 is 13.0. The largest absolute Gasteiger partial charge is 0.312 e. The zero-order chi connectivity index (χ0) is 13.0. The Balaban J connectivity index is 1.73. The number of likely N-dealkylation sites (tertiary alicyclic amines) is 1. The first-order valence-electron chi connectivity index (χ1n) is 6.56. The molecule has 1 heterocycles. The molecule has 1 aliphatic heterocycles. The molecule has 1 atom stereocenters. The molecule has 18 heavy (non-hydrogen) atoms. The van der Waals surface area contributed by atoms with Gasteiger partial charge in [0.05, 0.1) is 5.02 Å². The Kier molecular flexibility index (Phi) is 4.98. The van der Waals surface area contributed by atoms with Gasteiger partial charge in [0.2, 0.25) is 0 Å². The van der Waals surface area contributed by atoms with E-state index in [1.807, 2.05) is 0 Å². The highest BCUT2D eigenvalue weighted by Crippen LogP contribution is 2.17. The minimum Gasteiger partial charge on any atom is -0.312 e. The van der Waals surface area contributed by atoms with Gasteiger partial charge < -0.3 is 10.2 Å². The van der Waals surface area contributed by atoms with Gasteiger partial charge in [-0.15, -0.1) is 0 Å². The van der Waals surface area contributed by atoms with E-state index in [9.17, 15) is 4.39 Å². The molecule has 1 saturated heterocycles. The fourth-order valence-electron chi connectivity index (χ4n) is 2.44. The minimum absolute atomic E-state index is 0.201. The van der Waals surface area contributed by atoms with Gasteiger partial charge in [0.25, 0.3) is 0 Å². The number of nitrogens with zero attached hydrogens (tertiary/aromatic N) is 1. The van der Waals surface area contributed by atoms with Crippen molar-refractivity contribution in [1.29, 1.82) is 0 Å². The zero-order valence-electron chi connectivity index (χ0n) is 10.8. The van der Waals surface area contributed by atoms with Crippen LogP contribution in [-0.4, -0.2) is 31.1 Å². The number of nitrogens with one attached hydrogen (secondary N) is 1. The average molecular weight is 271 g/mol. The molecule has 1 fully saturated rings. The van der Waals surface area contributed by atoms with Crippen LogP contribution in [0, 0.1) is 11.7 Å². The molecular weight excluding hydrogens is 251 g/mol. The van der Waals surface area contributed by atoms with Gasteiger partial charge in [0, 0.05) is 13.1 Å². The predicted molar refractivity (Wildman–Crippen MR) is 73.3 cm³/mol. The lowest BCUT2D eigenvalue weighted by molar-refractivity contribution is 0.339. The smallest absolute Gasteiger partial charge is 0.141 e. The SMILES string of the molecule is CCN1CCC(CNCc2ccc(F)c(Cl)c2)C1. The fraction of sp³-hybridized carbons (Fsp3) is 0.571. The topological polar surface area (TPSA) is 15.3 Å². The molecular formula is C14H20ClFN2. The summed E-state index contributed by atoms with van der Waals surface area (Å²) in [4.78, 5) is 2.47. The van der Waals surface area contributed by atoms with E-state index in [1.54, 1.807) is 12.1 Å². The van der Waals surface area contributed by atoms with Gasteiger partial charge in [0.1, 0.15) is 5.82 Å². The summed E-state index contributed by atoms with van der Waals surface area (Å²) in [5, 5.41) is 3.63. The highest BCUT2D eigenvalue weighted by atomic mass is 35.5. The third kappa shape index (κ3) is 3.67. The Labute approximate surface area is 113 Å². The molecule has 0 bridgehead atoms. The van der Waals surface area contributed by atoms with E-state index in [4.69, 9.17) is 11.6 Å². The molecule has 4 heteroatoms. The molecule has 0 amide bonds. The van der Waals surface area contributed by atoms with Crippen molar-refractivity contribution in [3.05, 3.63) is 34.6 Å². The van der Waals surface area contributed by atoms with Crippen LogP contribution in [0.4, 0.5) is 4.39 Å². The second kappa shape index (κ2) is 6.50. The summed E-state index contributed by atoms with van der Waals surface area (Å²) in [5.41, 5.74) is 1.03. The molecule has 1 aromatic rings. The monoisotopic (exact) mass is 270 g/mol. The van der Waals surface area contributed by atoms with Crippen molar-refractivity contribution in [1.82, 2.24) is 10.2 Å². The summed E-state index contributed by atoms with van der Waals surface area (Å²) >= 11 is 5.75. The molecule has 0 aliphatic carbocycles. The van der Waals surface area contributed by atoms with E-state index in [2.05, 4.69) is 17.1 Å². The standard InChI is InChI=1S/C14H20ClFN2/c1-2-18-6-5-12(10-18)9-17-8-11-3-4-14(16)13(15)7-11/h3-4,7,12,17H,2,5-6,8-10H2,1H3. The van der Waals surface area contributed by atoms with E-state index < -0.39 is 0 Å². The van der Waals surface area contributed by atoms with Gasteiger partial charge in [0.15, 0.2) is 0 Å². The van der Waals surface area contributed by atoms with Crippen molar-refractivity contribution >= 4 is 11.6 Å². The van der Waals surface area contributed by atoms with Crippen LogP contribution in [0.15, 0.2) is 18.2 Å². The van der Waals surface area contributed by atoms with Gasteiger partial charge in [-0.2, -0.15) is 0 Å². The molecule has 1 aliphatic rings. The molecule has 2 nitrogen and oxygen atoms in total. The minimum atomic E-state index is -0.352. The molecule has 1 aromatic carbocycles. The van der Waals surface area contributed by atoms with E-state index in [0.29, 0.717) is 0 Å². The zero-order valence-corrected chi connectivity index (χ0v) is 11.5. The first kappa shape index (κ1) is 13.8. The Bertz CT molecular complexity index is 397. The van der Waals surface area contributed by atoms with Crippen LogP contribution >= 0.6 is 11.6 Å². The highest BCUT2D eigenvalue weighted by Gasteiger charge is 2.20. The normalized spacial score (nSPS) is 20.5. The molecule has 0 radical (unpaired) electrons. The number of hydrogen-bond acceptors (Lipinski definition) is 2. The Morgan fingerprint density at radius 3 is 3.00 bits per heavy atom. The van der Waals surface area contributed by atoms with Gasteiger partial charge in [-0.1, -0.05) is 24.6 Å². The van der Waals surface area contributed by atoms with Gasteiger partial charge >= 0.3 is 0 Å². The summed E-state index contributed by atoms with van der Waals surface area (Å²) in [6.45, 7) is 7.52. The van der Waals surface area contributed by atoms with Crippen LogP contribution in [-0.2, 0) is 6.54 Å². The molecule has 0 spiro atoms. The Morgan fingerprint density at radius 1 is 1.50 bits per heavy atom. The highest BCUT2D eigenvalue weighted by molar-refractivity contribution is 6.30.